The second kappa shape index (κ2) is 6.57. The maximum atomic E-state index is 11.7. The van der Waals surface area contributed by atoms with Crippen LogP contribution in [-0.2, 0) is 9.53 Å². The first-order chi connectivity index (χ1) is 10.7. The topological polar surface area (TPSA) is 192 Å². The highest BCUT2D eigenvalue weighted by atomic mass is 16.7. The smallest absolute Gasteiger partial charge is 0.364 e. The summed E-state index contributed by atoms with van der Waals surface area (Å²) in [5, 5.41) is 47.5. The van der Waals surface area contributed by atoms with Crippen molar-refractivity contribution in [3.63, 3.8) is 0 Å². The molecule has 0 amide bonds. The summed E-state index contributed by atoms with van der Waals surface area (Å²) in [6, 6.07) is 0.869. The summed E-state index contributed by atoms with van der Waals surface area (Å²) in [5.41, 5.74) is -1.84. The number of carbonyl (C=O) groups excluding carboxylic acids is 1. The Morgan fingerprint density at radius 1 is 1.26 bits per heavy atom. The van der Waals surface area contributed by atoms with E-state index in [1.165, 1.54) is 0 Å². The van der Waals surface area contributed by atoms with Crippen molar-refractivity contribution in [3.8, 4) is 0 Å². The van der Waals surface area contributed by atoms with Crippen molar-refractivity contribution in [2.24, 2.45) is 0 Å². The predicted octanol–water partition coefficient (Wildman–Crippen LogP) is -5.35. The molecule has 1 aromatic rings. The zero-order chi connectivity index (χ0) is 17.3. The number of rotatable bonds is 4. The highest BCUT2D eigenvalue weighted by Crippen LogP contribution is 2.23. The predicted molar refractivity (Wildman–Crippen MR) is 67.8 cm³/mol. The fourth-order valence-corrected chi connectivity index (χ4v) is 1.91. The molecule has 6 atom stereocenters. The Balaban J connectivity index is 2.07. The summed E-state index contributed by atoms with van der Waals surface area (Å²) < 4.78 is 4.93. The fourth-order valence-electron chi connectivity index (χ4n) is 1.91. The number of H-pyrrole nitrogens is 1. The molecule has 6 N–H and O–H groups in total. The number of nitrogens with zero attached hydrogens (tertiary/aromatic N) is 1. The Morgan fingerprint density at radius 3 is 2.43 bits per heavy atom. The van der Waals surface area contributed by atoms with Crippen LogP contribution >= 0.6 is 0 Å². The molecule has 0 radical (unpaired) electrons. The minimum absolute atomic E-state index is 0.301. The molecule has 1 fully saturated rings. The van der Waals surface area contributed by atoms with Gasteiger partial charge in [-0.2, -0.15) is 0 Å². The number of aliphatic hydroxyl groups is 5. The van der Waals surface area contributed by atoms with Crippen LogP contribution in [-0.4, -0.2) is 78.0 Å². The van der Waals surface area contributed by atoms with Crippen LogP contribution in [0.2, 0.25) is 0 Å². The van der Waals surface area contributed by atoms with E-state index in [0.29, 0.717) is 4.73 Å². The van der Waals surface area contributed by atoms with E-state index in [2.05, 4.69) is 9.57 Å². The molecule has 2 rings (SSSR count). The third-order valence-electron chi connectivity index (χ3n) is 3.16. The molecule has 1 saturated heterocycles. The van der Waals surface area contributed by atoms with Gasteiger partial charge < -0.3 is 35.1 Å². The van der Waals surface area contributed by atoms with Gasteiger partial charge in [-0.05, 0) is 0 Å². The fraction of sp³-hybridized carbons (Fsp3) is 0.545. The van der Waals surface area contributed by atoms with Crippen molar-refractivity contribution in [1.82, 2.24) is 9.71 Å². The van der Waals surface area contributed by atoms with Crippen LogP contribution in [0, 0.1) is 0 Å². The first-order valence-corrected chi connectivity index (χ1v) is 6.32. The van der Waals surface area contributed by atoms with Crippen LogP contribution in [0.15, 0.2) is 21.9 Å². The number of ether oxygens (including phenoxy) is 1. The Kier molecular flexibility index (Phi) is 4.93. The number of nitrogens with one attached hydrogen (secondary N) is 1. The average Bonchev–Trinajstić information content (AvgIpc) is 2.76. The van der Waals surface area contributed by atoms with E-state index in [1.54, 1.807) is 4.98 Å². The van der Waals surface area contributed by atoms with E-state index in [1.807, 2.05) is 0 Å². The number of carbonyl (C=O) groups is 1. The lowest BCUT2D eigenvalue weighted by atomic mass is 10.0. The molecule has 23 heavy (non-hydrogen) atoms. The van der Waals surface area contributed by atoms with Crippen molar-refractivity contribution < 1.29 is 39.9 Å². The lowest BCUT2D eigenvalue weighted by Crippen LogP contribution is -2.50. The normalized spacial score (nSPS) is 30.0. The van der Waals surface area contributed by atoms with Gasteiger partial charge >= 0.3 is 11.7 Å². The highest BCUT2D eigenvalue weighted by Gasteiger charge is 2.48. The van der Waals surface area contributed by atoms with Crippen LogP contribution in [0.25, 0.3) is 0 Å². The van der Waals surface area contributed by atoms with Gasteiger partial charge in [0.15, 0.2) is 12.4 Å². The maximum Gasteiger partial charge on any atom is 0.364 e. The second-order valence-electron chi connectivity index (χ2n) is 4.75. The molecule has 1 aliphatic rings. The van der Waals surface area contributed by atoms with Crippen LogP contribution in [0.4, 0.5) is 0 Å². The van der Waals surface area contributed by atoms with E-state index in [0.717, 1.165) is 12.3 Å². The van der Waals surface area contributed by atoms with Gasteiger partial charge in [-0.1, -0.05) is 0 Å². The Labute approximate surface area is 126 Å². The van der Waals surface area contributed by atoms with Gasteiger partial charge in [0.1, 0.15) is 24.4 Å². The molecular formula is C11H14N2O10. The van der Waals surface area contributed by atoms with E-state index < -0.39 is 54.0 Å². The molecule has 1 aliphatic heterocycles. The summed E-state index contributed by atoms with van der Waals surface area (Å²) in [5.74, 6) is -1.50. The summed E-state index contributed by atoms with van der Waals surface area (Å²) in [7, 11) is 0. The third kappa shape index (κ3) is 3.47. The Morgan fingerprint density at radius 2 is 1.91 bits per heavy atom. The van der Waals surface area contributed by atoms with Gasteiger partial charge in [0.05, 0.1) is 6.20 Å². The van der Waals surface area contributed by atoms with E-state index in [9.17, 15) is 39.9 Å². The lowest BCUT2D eigenvalue weighted by molar-refractivity contribution is -0.180. The van der Waals surface area contributed by atoms with Gasteiger partial charge in [-0.15, -0.1) is 4.73 Å². The first kappa shape index (κ1) is 17.3. The molecule has 12 nitrogen and oxygen atoms in total. The quantitative estimate of drug-likeness (QED) is 0.310. The molecular weight excluding hydrogens is 320 g/mol. The zero-order valence-corrected chi connectivity index (χ0v) is 11.3. The van der Waals surface area contributed by atoms with E-state index >= 15 is 0 Å². The second-order valence-corrected chi connectivity index (χ2v) is 4.75. The van der Waals surface area contributed by atoms with Crippen LogP contribution < -0.4 is 16.1 Å². The average molecular weight is 334 g/mol. The van der Waals surface area contributed by atoms with Crippen LogP contribution in [0.1, 0.15) is 0 Å². The molecule has 128 valence electrons. The van der Waals surface area contributed by atoms with Gasteiger partial charge in [-0.25, -0.2) is 9.59 Å². The number of hydrogen-bond donors (Lipinski definition) is 6. The highest BCUT2D eigenvalue weighted by molar-refractivity contribution is 5.75. The van der Waals surface area contributed by atoms with Crippen LogP contribution in [0.3, 0.4) is 0 Å². The van der Waals surface area contributed by atoms with Crippen molar-refractivity contribution >= 4 is 5.97 Å². The van der Waals surface area contributed by atoms with Gasteiger partial charge in [0, 0.05) is 6.07 Å². The molecule has 12 heteroatoms. The summed E-state index contributed by atoms with van der Waals surface area (Å²) >= 11 is 0. The Hall–Kier alpha value is -2.09. The van der Waals surface area contributed by atoms with Gasteiger partial charge in [0.2, 0.25) is 0 Å². The minimum Gasteiger partial charge on any atom is -0.387 e. The minimum atomic E-state index is -2.27. The summed E-state index contributed by atoms with van der Waals surface area (Å²) in [6.07, 6.45) is -10.5. The molecule has 6 unspecified atom stereocenters. The monoisotopic (exact) mass is 334 g/mol. The van der Waals surface area contributed by atoms with Crippen molar-refractivity contribution in [2.45, 2.75) is 36.8 Å². The molecule has 1 aromatic heterocycles. The summed E-state index contributed by atoms with van der Waals surface area (Å²) in [6.45, 7) is 0. The summed E-state index contributed by atoms with van der Waals surface area (Å²) in [4.78, 5) is 40.1. The number of aromatic nitrogens is 2. The van der Waals surface area contributed by atoms with Crippen molar-refractivity contribution in [1.29, 1.82) is 0 Å². The lowest BCUT2D eigenvalue weighted by Gasteiger charge is -2.23. The number of aliphatic hydroxyl groups excluding tert-OH is 5. The van der Waals surface area contributed by atoms with Crippen LogP contribution in [0.5, 0.6) is 0 Å². The molecule has 0 aromatic carbocycles. The molecule has 0 aliphatic carbocycles. The molecule has 0 saturated carbocycles. The zero-order valence-electron chi connectivity index (χ0n) is 11.3. The van der Waals surface area contributed by atoms with Gasteiger partial charge in [-0.3, -0.25) is 9.78 Å². The standard InChI is InChI=1S/C11H14N2O10/c14-3-1-2-13(11(21)12-3)23-10(20)7(18)5(16)8-4(15)6(17)9(19)22-8/h1-2,4-9,15-19H,(H,12,14,21). The Bertz CT molecular complexity index is 684. The third-order valence-corrected chi connectivity index (χ3v) is 3.16. The largest absolute Gasteiger partial charge is 0.387 e. The number of hydrogen-bond acceptors (Lipinski definition) is 10. The van der Waals surface area contributed by atoms with Crippen molar-refractivity contribution in [2.75, 3.05) is 0 Å². The SMILES string of the molecule is O=C(On1ccc(=O)[nH]c1=O)C(O)C(O)C1OC(O)C(O)C1O. The number of aromatic amines is 1. The first-order valence-electron chi connectivity index (χ1n) is 6.32. The maximum absolute atomic E-state index is 11.7. The molecule has 2 heterocycles. The molecule has 0 spiro atoms. The van der Waals surface area contributed by atoms with E-state index in [-0.39, 0.29) is 0 Å². The van der Waals surface area contributed by atoms with E-state index in [4.69, 9.17) is 0 Å². The van der Waals surface area contributed by atoms with Gasteiger partial charge in [0.25, 0.3) is 5.56 Å². The van der Waals surface area contributed by atoms with Crippen molar-refractivity contribution in [3.05, 3.63) is 33.1 Å². The molecule has 0 bridgehead atoms.